The van der Waals surface area contributed by atoms with Crippen LogP contribution in [0.1, 0.15) is 125 Å². The summed E-state index contributed by atoms with van der Waals surface area (Å²) >= 11 is 0. The van der Waals surface area contributed by atoms with Gasteiger partial charge in [-0.15, -0.1) is 0 Å². The first-order chi connectivity index (χ1) is 43.0. The summed E-state index contributed by atoms with van der Waals surface area (Å²) < 4.78 is 0. The van der Waals surface area contributed by atoms with E-state index in [-0.39, 0.29) is 51.2 Å². The summed E-state index contributed by atoms with van der Waals surface area (Å²) in [5.74, 6) is -17.0. The molecule has 0 saturated carbocycles. The van der Waals surface area contributed by atoms with Gasteiger partial charge in [-0.1, -0.05) is 58.0 Å². The Kier molecular flexibility index (Phi) is 36.3. The molecule has 0 saturated heterocycles. The molecule has 0 bridgehead atoms. The van der Waals surface area contributed by atoms with Gasteiger partial charge in [0.15, 0.2) is 5.96 Å². The van der Waals surface area contributed by atoms with Crippen molar-refractivity contribution in [1.29, 1.82) is 0 Å². The number of guanidine groups is 1. The highest BCUT2D eigenvalue weighted by atomic mass is 16.4. The Morgan fingerprint density at radius 3 is 1.30 bits per heavy atom. The predicted molar refractivity (Wildman–Crippen MR) is 330 cm³/mol. The average molecular weight is 1310 g/mol. The molecule has 13 atom stereocenters. The van der Waals surface area contributed by atoms with Gasteiger partial charge >= 0.3 is 11.9 Å². The number of hydrogen-bond acceptors (Lipinski definition) is 19. The molecule has 0 aliphatic carbocycles. The van der Waals surface area contributed by atoms with E-state index in [9.17, 15) is 87.5 Å². The van der Waals surface area contributed by atoms with Crippen molar-refractivity contribution in [1.82, 2.24) is 53.2 Å². The van der Waals surface area contributed by atoms with E-state index in [0.717, 1.165) is 13.8 Å². The summed E-state index contributed by atoms with van der Waals surface area (Å²) in [4.78, 5) is 190. The predicted octanol–water partition coefficient (Wildman–Crippen LogP) is -6.84. The molecule has 516 valence electrons. The van der Waals surface area contributed by atoms with Crippen molar-refractivity contribution in [2.45, 2.75) is 204 Å². The van der Waals surface area contributed by atoms with Crippen LogP contribution in [0.15, 0.2) is 35.3 Å². The molecule has 0 unspecified atom stereocenters. The van der Waals surface area contributed by atoms with E-state index in [1.54, 1.807) is 44.2 Å². The van der Waals surface area contributed by atoms with Gasteiger partial charge in [-0.2, -0.15) is 0 Å². The van der Waals surface area contributed by atoms with Crippen LogP contribution in [0.3, 0.4) is 0 Å². The normalized spacial score (nSPS) is 15.4. The summed E-state index contributed by atoms with van der Waals surface area (Å²) in [7, 11) is 0. The highest BCUT2D eigenvalue weighted by Gasteiger charge is 2.39. The third kappa shape index (κ3) is 31.1. The van der Waals surface area contributed by atoms with Crippen molar-refractivity contribution >= 4 is 88.8 Å². The van der Waals surface area contributed by atoms with E-state index in [2.05, 4.69) is 52.8 Å². The summed E-state index contributed by atoms with van der Waals surface area (Å²) in [6.07, 6.45) is -6.25. The van der Waals surface area contributed by atoms with Crippen LogP contribution in [-0.2, 0) is 73.5 Å². The molecule has 1 rings (SSSR count). The molecular formula is C57H95N17O18. The number of carbonyl (C=O) groups excluding carboxylic acids is 12. The SMILES string of the molecule is CC(C)C[C@H](NC(=O)[C@H](CCCN=C(N)N)NC(=O)[C@H](CCC(=O)O)NC(=O)[C@H](Cc1ccccc1)NC(=O)[C@H](CCCCN)NC(=O)[C@H](C)N)C(=O)N[C@@H](CCC(N)=O)C(=O)N[C@H](C(=O)N[C@H](C(=O)N[C@H](C(=O)N[C@@H](CC(N)=O)C(=O)O)[C@@H](C)O)C(C)C)[C@@H](C)O. The van der Waals surface area contributed by atoms with Crippen LogP contribution in [0.4, 0.5) is 0 Å². The number of nitrogens with zero attached hydrogens (tertiary/aromatic N) is 1. The fraction of sp³-hybridized carbons (Fsp3) is 0.632. The maximum absolute atomic E-state index is 14.5. The molecule has 0 heterocycles. The molecule has 1 aromatic carbocycles. The van der Waals surface area contributed by atoms with Crippen LogP contribution < -0.4 is 87.6 Å². The first-order valence-electron chi connectivity index (χ1n) is 30.0. The lowest BCUT2D eigenvalue weighted by molar-refractivity contribution is -0.144. The molecule has 0 fully saturated rings. The van der Waals surface area contributed by atoms with Crippen LogP contribution in [0.2, 0.25) is 0 Å². The number of amides is 12. The standard InChI is InChI=1S/C57H95N17O18/c1-27(2)24-37(51(86)67-35(18-20-40(60)77)50(85)73-45(31(7)76)55(90)72-43(28(3)4)53(88)74-44(30(6)75)54(89)71-39(56(91)92)26-41(61)78)69-48(83)34(17-13-23-64-57(62)63)66-49(84)36(19-21-42(79)80)68-52(87)38(25-32-14-9-8-10-15-32)70-47(82)33(16-11-12-22-58)65-46(81)29(5)59/h8-10,14-15,27-31,33-39,43-45,75-76H,11-13,16-26,58-59H2,1-7H3,(H2,60,77)(H2,61,78)(H,65,81)(H,66,84)(H,67,86)(H,68,87)(H,69,83)(H,70,82)(H,71,89)(H,72,90)(H,73,85)(H,74,88)(H,79,80)(H,91,92)(H4,62,63,64)/t29-,30+,31+,33-,34-,35-,36-,37-,38-,39-,43-,44-,45-/m0/s1. The Morgan fingerprint density at radius 2 is 0.859 bits per heavy atom. The van der Waals surface area contributed by atoms with E-state index in [1.165, 1.54) is 20.8 Å². The van der Waals surface area contributed by atoms with E-state index in [1.807, 2.05) is 5.32 Å². The van der Waals surface area contributed by atoms with Crippen LogP contribution in [0.5, 0.6) is 0 Å². The van der Waals surface area contributed by atoms with Crippen molar-refractivity contribution in [3.05, 3.63) is 35.9 Å². The third-order valence-electron chi connectivity index (χ3n) is 13.8. The highest BCUT2D eigenvalue weighted by Crippen LogP contribution is 2.14. The molecule has 1 aromatic rings. The second kappa shape index (κ2) is 41.3. The van der Waals surface area contributed by atoms with Gasteiger partial charge in [0.2, 0.25) is 70.9 Å². The third-order valence-corrected chi connectivity index (χ3v) is 13.8. The molecule has 12 amide bonds. The molecule has 35 heteroatoms. The van der Waals surface area contributed by atoms with Crippen LogP contribution >= 0.6 is 0 Å². The van der Waals surface area contributed by atoms with E-state index >= 15 is 0 Å². The second-order valence-electron chi connectivity index (χ2n) is 22.9. The van der Waals surface area contributed by atoms with Gasteiger partial charge in [-0.25, -0.2) is 4.79 Å². The molecule has 0 aliphatic rings. The van der Waals surface area contributed by atoms with Gasteiger partial charge in [0.05, 0.1) is 24.7 Å². The Labute approximate surface area is 532 Å². The summed E-state index contributed by atoms with van der Waals surface area (Å²) in [6, 6.07) is -9.16. The number of unbranched alkanes of at least 4 members (excludes halogenated alkanes) is 1. The number of aliphatic hydroxyl groups excluding tert-OH is 2. The maximum Gasteiger partial charge on any atom is 0.326 e. The minimum atomic E-state index is -1.93. The topological polar surface area (TPSA) is 609 Å². The number of nitrogens with two attached hydrogens (primary N) is 6. The zero-order chi connectivity index (χ0) is 70.1. The quantitative estimate of drug-likeness (QED) is 0.0164. The highest BCUT2D eigenvalue weighted by molar-refractivity contribution is 5.99. The lowest BCUT2D eigenvalue weighted by Gasteiger charge is -2.30. The Hall–Kier alpha value is -9.09. The van der Waals surface area contributed by atoms with E-state index < -0.39 is 205 Å². The number of rotatable bonds is 44. The number of aliphatic carboxylic acids is 2. The van der Waals surface area contributed by atoms with Gasteiger partial charge in [0.1, 0.15) is 60.4 Å². The molecule has 0 aliphatic heterocycles. The maximum atomic E-state index is 14.5. The zero-order valence-electron chi connectivity index (χ0n) is 52.9. The fourth-order valence-corrected chi connectivity index (χ4v) is 8.80. The smallest absolute Gasteiger partial charge is 0.326 e. The number of hydrogen-bond donors (Lipinski definition) is 20. The number of aliphatic imine (C=N–C) groups is 1. The van der Waals surface area contributed by atoms with E-state index in [4.69, 9.17) is 34.4 Å². The van der Waals surface area contributed by atoms with Crippen molar-refractivity contribution in [3.63, 3.8) is 0 Å². The molecular weight excluding hydrogens is 1210 g/mol. The van der Waals surface area contributed by atoms with Crippen molar-refractivity contribution in [2.24, 2.45) is 51.2 Å². The Balaban J connectivity index is 3.71. The summed E-state index contributed by atoms with van der Waals surface area (Å²) in [6.45, 7) is 9.96. The van der Waals surface area contributed by atoms with Crippen LogP contribution in [0, 0.1) is 11.8 Å². The van der Waals surface area contributed by atoms with Gasteiger partial charge in [0, 0.05) is 25.8 Å². The first-order valence-corrected chi connectivity index (χ1v) is 30.0. The summed E-state index contributed by atoms with van der Waals surface area (Å²) in [5.41, 5.74) is 33.5. The van der Waals surface area contributed by atoms with Crippen LogP contribution in [-0.4, -0.2) is 201 Å². The zero-order valence-corrected chi connectivity index (χ0v) is 52.9. The average Bonchev–Trinajstić information content (AvgIpc) is 1.22. The minimum absolute atomic E-state index is 0.00919. The number of carboxylic acids is 2. The van der Waals surface area contributed by atoms with Gasteiger partial charge in [0.25, 0.3) is 0 Å². The second-order valence-corrected chi connectivity index (χ2v) is 22.9. The van der Waals surface area contributed by atoms with Crippen molar-refractivity contribution in [2.75, 3.05) is 13.1 Å². The van der Waals surface area contributed by atoms with Gasteiger partial charge in [-0.05, 0) is 96.1 Å². The monoisotopic (exact) mass is 1310 g/mol. The molecule has 0 aromatic heterocycles. The van der Waals surface area contributed by atoms with Crippen molar-refractivity contribution in [3.8, 4) is 0 Å². The molecule has 26 N–H and O–H groups in total. The van der Waals surface area contributed by atoms with Gasteiger partial charge in [-0.3, -0.25) is 67.3 Å². The Bertz CT molecular complexity index is 2710. The Morgan fingerprint density at radius 1 is 0.457 bits per heavy atom. The molecule has 0 radical (unpaired) electrons. The molecule has 35 nitrogen and oxygen atoms in total. The lowest BCUT2D eigenvalue weighted by Crippen LogP contribution is -2.63. The minimum Gasteiger partial charge on any atom is -0.481 e. The number of aliphatic hydroxyl groups is 2. The van der Waals surface area contributed by atoms with Gasteiger partial charge < -0.3 is 108 Å². The number of carbonyl (C=O) groups is 14. The van der Waals surface area contributed by atoms with Crippen molar-refractivity contribution < 1.29 is 87.5 Å². The molecule has 0 spiro atoms. The lowest BCUT2D eigenvalue weighted by atomic mass is 10.00. The van der Waals surface area contributed by atoms with Crippen LogP contribution in [0.25, 0.3) is 0 Å². The summed E-state index contributed by atoms with van der Waals surface area (Å²) in [5, 5.41) is 64.5. The first kappa shape index (κ1) is 80.9. The number of benzene rings is 1. The largest absolute Gasteiger partial charge is 0.481 e. The number of nitrogens with one attached hydrogen (secondary N) is 10. The fourth-order valence-electron chi connectivity index (χ4n) is 8.80. The molecule has 92 heavy (non-hydrogen) atoms. The number of primary amides is 2. The van der Waals surface area contributed by atoms with E-state index in [0.29, 0.717) is 18.4 Å². The number of carboxylic acid groups (broad SMARTS) is 2.